The number of rotatable bonds is 6. The maximum atomic E-state index is 12.7. The van der Waals surface area contributed by atoms with Gasteiger partial charge in [-0.05, 0) is 65.0 Å². The van der Waals surface area contributed by atoms with Crippen molar-refractivity contribution in [3.63, 3.8) is 0 Å². The van der Waals surface area contributed by atoms with E-state index in [9.17, 15) is 4.79 Å². The lowest BCUT2D eigenvalue weighted by Gasteiger charge is -2.39. The molecule has 0 spiro atoms. The highest BCUT2D eigenvalue weighted by Crippen LogP contribution is 2.23. The number of piperidine rings is 1. The fourth-order valence-electron chi connectivity index (χ4n) is 4.46. The summed E-state index contributed by atoms with van der Waals surface area (Å²) in [4.78, 5) is 15.2. The molecule has 1 aromatic heterocycles. The molecule has 3 heterocycles. The lowest BCUT2D eigenvalue weighted by molar-refractivity contribution is -0.127. The Hall–Kier alpha value is -1.40. The van der Waals surface area contributed by atoms with E-state index in [-0.39, 0.29) is 11.8 Å². The average Bonchev–Trinajstić information content (AvgIpc) is 2.96. The van der Waals surface area contributed by atoms with Gasteiger partial charge in [0, 0.05) is 44.6 Å². The molecule has 3 rings (SSSR count). The first kappa shape index (κ1) is 19.4. The van der Waals surface area contributed by atoms with Crippen LogP contribution in [0.4, 0.5) is 0 Å². The van der Waals surface area contributed by atoms with E-state index in [1.807, 2.05) is 4.68 Å². The van der Waals surface area contributed by atoms with E-state index in [0.29, 0.717) is 12.6 Å². The van der Waals surface area contributed by atoms with Crippen LogP contribution in [0.1, 0.15) is 49.6 Å². The van der Waals surface area contributed by atoms with Crippen LogP contribution < -0.4 is 5.32 Å². The van der Waals surface area contributed by atoms with Gasteiger partial charge in [0.1, 0.15) is 0 Å². The van der Waals surface area contributed by atoms with Crippen molar-refractivity contribution in [2.75, 3.05) is 32.8 Å². The van der Waals surface area contributed by atoms with Crippen LogP contribution in [0.3, 0.4) is 0 Å². The smallest absolute Gasteiger partial charge is 0.224 e. The predicted molar refractivity (Wildman–Crippen MR) is 102 cm³/mol. The fraction of sp³-hybridized carbons (Fsp3) is 0.800. The summed E-state index contributed by atoms with van der Waals surface area (Å²) in [6.45, 7) is 11.6. The van der Waals surface area contributed by atoms with E-state index >= 15 is 0 Å². The molecule has 2 aliphatic heterocycles. The van der Waals surface area contributed by atoms with Gasteiger partial charge in [0.05, 0.1) is 11.6 Å². The molecule has 0 bridgehead atoms. The number of amides is 1. The van der Waals surface area contributed by atoms with E-state index in [1.54, 1.807) is 0 Å². The van der Waals surface area contributed by atoms with E-state index < -0.39 is 0 Å². The summed E-state index contributed by atoms with van der Waals surface area (Å²) in [5.74, 6) is 0.354. The summed E-state index contributed by atoms with van der Waals surface area (Å²) in [5, 5.41) is 7.74. The Bertz CT molecular complexity index is 607. The van der Waals surface area contributed by atoms with Crippen molar-refractivity contribution < 1.29 is 9.53 Å². The molecule has 26 heavy (non-hydrogen) atoms. The Morgan fingerprint density at radius 2 is 2.04 bits per heavy atom. The number of nitrogens with one attached hydrogen (secondary N) is 1. The Kier molecular flexibility index (Phi) is 6.70. The number of carbonyl (C=O) groups excluding carboxylic acids is 1. The predicted octanol–water partition coefficient (Wildman–Crippen LogP) is 2.07. The topological polar surface area (TPSA) is 59.4 Å². The average molecular weight is 363 g/mol. The van der Waals surface area contributed by atoms with Crippen LogP contribution in [-0.2, 0) is 22.5 Å². The highest BCUT2D eigenvalue weighted by atomic mass is 16.5. The van der Waals surface area contributed by atoms with Crippen LogP contribution in [0.25, 0.3) is 0 Å². The Morgan fingerprint density at radius 1 is 1.27 bits per heavy atom. The molecular formula is C20H34N4O2. The van der Waals surface area contributed by atoms with Gasteiger partial charge in [-0.2, -0.15) is 5.10 Å². The van der Waals surface area contributed by atoms with Crippen molar-refractivity contribution in [3.8, 4) is 0 Å². The maximum absolute atomic E-state index is 12.7. The van der Waals surface area contributed by atoms with Crippen LogP contribution in [0.2, 0.25) is 0 Å². The largest absolute Gasteiger partial charge is 0.381 e. The molecule has 1 N–H and O–H groups in total. The lowest BCUT2D eigenvalue weighted by atomic mass is 9.94. The number of hydrogen-bond donors (Lipinski definition) is 1. The second kappa shape index (κ2) is 9.00. The van der Waals surface area contributed by atoms with Gasteiger partial charge in [-0.1, -0.05) is 0 Å². The summed E-state index contributed by atoms with van der Waals surface area (Å²) in [6.07, 6.45) is 5.21. The minimum absolute atomic E-state index is 0.132. The molecule has 1 amide bonds. The number of ether oxygens (including phenoxy) is 1. The quantitative estimate of drug-likeness (QED) is 0.842. The van der Waals surface area contributed by atoms with Crippen LogP contribution >= 0.6 is 0 Å². The van der Waals surface area contributed by atoms with Gasteiger partial charge in [-0.25, -0.2) is 0 Å². The minimum atomic E-state index is 0.132. The maximum Gasteiger partial charge on any atom is 0.224 e. The molecule has 0 radical (unpaired) electrons. The molecule has 1 aromatic rings. The molecule has 0 unspecified atom stereocenters. The van der Waals surface area contributed by atoms with Crippen LogP contribution in [-0.4, -0.2) is 59.5 Å². The highest BCUT2D eigenvalue weighted by Gasteiger charge is 2.30. The van der Waals surface area contributed by atoms with E-state index in [1.165, 1.54) is 11.3 Å². The third-order valence-corrected chi connectivity index (χ3v) is 6.04. The van der Waals surface area contributed by atoms with Crippen molar-refractivity contribution >= 4 is 5.91 Å². The number of hydrogen-bond acceptors (Lipinski definition) is 4. The van der Waals surface area contributed by atoms with Crippen molar-refractivity contribution in [2.24, 2.45) is 5.92 Å². The Morgan fingerprint density at radius 3 is 2.73 bits per heavy atom. The molecular weight excluding hydrogens is 328 g/mol. The Labute approximate surface area is 157 Å². The van der Waals surface area contributed by atoms with Crippen LogP contribution in [0.15, 0.2) is 0 Å². The van der Waals surface area contributed by atoms with Crippen molar-refractivity contribution in [3.05, 3.63) is 17.0 Å². The third-order valence-electron chi connectivity index (χ3n) is 6.04. The van der Waals surface area contributed by atoms with Gasteiger partial charge >= 0.3 is 0 Å². The van der Waals surface area contributed by atoms with Gasteiger partial charge in [0.15, 0.2) is 0 Å². The molecule has 0 aromatic carbocycles. The number of carbonyl (C=O) groups is 1. The molecule has 6 heteroatoms. The number of aromatic nitrogens is 2. The van der Waals surface area contributed by atoms with Crippen molar-refractivity contribution in [1.29, 1.82) is 0 Å². The molecule has 2 aliphatic rings. The zero-order chi connectivity index (χ0) is 18.5. The van der Waals surface area contributed by atoms with Crippen molar-refractivity contribution in [1.82, 2.24) is 20.0 Å². The summed E-state index contributed by atoms with van der Waals surface area (Å²) in [6, 6.07) is 0.601. The van der Waals surface area contributed by atoms with Gasteiger partial charge in [0.2, 0.25) is 5.91 Å². The monoisotopic (exact) mass is 362 g/mol. The first-order chi connectivity index (χ1) is 12.6. The second-order valence-corrected chi connectivity index (χ2v) is 7.68. The van der Waals surface area contributed by atoms with Crippen LogP contribution in [0, 0.1) is 19.8 Å². The van der Waals surface area contributed by atoms with Crippen molar-refractivity contribution in [2.45, 2.75) is 65.5 Å². The second-order valence-electron chi connectivity index (χ2n) is 7.68. The molecule has 2 fully saturated rings. The fourth-order valence-corrected chi connectivity index (χ4v) is 4.46. The SMILES string of the molecule is CCn1nc(C)c(CCNC(=O)[C@H]2CCCN(C3CCOCC3)C2)c1C. The number of likely N-dealkylation sites (tertiary alicyclic amines) is 1. The molecule has 0 saturated carbocycles. The lowest BCUT2D eigenvalue weighted by Crippen LogP contribution is -2.48. The van der Waals surface area contributed by atoms with E-state index in [2.05, 4.69) is 36.1 Å². The molecule has 146 valence electrons. The Balaban J connectivity index is 1.48. The zero-order valence-corrected chi connectivity index (χ0v) is 16.6. The first-order valence-electron chi connectivity index (χ1n) is 10.2. The normalized spacial score (nSPS) is 22.5. The van der Waals surface area contributed by atoms with Crippen LogP contribution in [0.5, 0.6) is 0 Å². The van der Waals surface area contributed by atoms with E-state index in [4.69, 9.17) is 4.74 Å². The minimum Gasteiger partial charge on any atom is -0.381 e. The molecule has 1 atom stereocenters. The summed E-state index contributed by atoms with van der Waals surface area (Å²) in [5.41, 5.74) is 3.59. The van der Waals surface area contributed by atoms with Gasteiger partial charge in [-0.15, -0.1) is 0 Å². The molecule has 2 saturated heterocycles. The summed E-state index contributed by atoms with van der Waals surface area (Å²) < 4.78 is 7.52. The standard InChI is InChI=1S/C20H34N4O2/c1-4-24-16(3)19(15(2)22-24)7-10-21-20(25)17-6-5-11-23(14-17)18-8-12-26-13-9-18/h17-18H,4-14H2,1-3H3,(H,21,25)/t17-/m0/s1. The van der Waals surface area contributed by atoms with Gasteiger partial charge in [-0.3, -0.25) is 14.4 Å². The number of aryl methyl sites for hydroxylation is 2. The summed E-state index contributed by atoms with van der Waals surface area (Å²) in [7, 11) is 0. The molecule has 0 aliphatic carbocycles. The highest BCUT2D eigenvalue weighted by molar-refractivity contribution is 5.79. The number of nitrogens with zero attached hydrogens (tertiary/aromatic N) is 3. The van der Waals surface area contributed by atoms with E-state index in [0.717, 1.165) is 70.6 Å². The first-order valence-corrected chi connectivity index (χ1v) is 10.2. The third kappa shape index (κ3) is 4.46. The van der Waals surface area contributed by atoms with Gasteiger partial charge < -0.3 is 10.1 Å². The van der Waals surface area contributed by atoms with Gasteiger partial charge in [0.25, 0.3) is 0 Å². The summed E-state index contributed by atoms with van der Waals surface area (Å²) >= 11 is 0. The zero-order valence-electron chi connectivity index (χ0n) is 16.6. The molecule has 6 nitrogen and oxygen atoms in total.